The molecular weight excluding hydrogens is 394 g/mol. The molecule has 1 saturated heterocycles. The van der Waals surface area contributed by atoms with Crippen molar-refractivity contribution in [3.8, 4) is 11.4 Å². The van der Waals surface area contributed by atoms with Gasteiger partial charge in [-0.05, 0) is 55.7 Å². The molecule has 0 amide bonds. The number of aromatic nitrogens is 3. The van der Waals surface area contributed by atoms with Gasteiger partial charge in [-0.25, -0.2) is 9.97 Å². The van der Waals surface area contributed by atoms with Gasteiger partial charge in [-0.15, -0.1) is 11.8 Å². The number of morpholine rings is 1. The largest absolute Gasteiger partial charge is 0.399 e. The van der Waals surface area contributed by atoms with Crippen LogP contribution in [0.1, 0.15) is 25.0 Å². The number of nitrogens with two attached hydrogens (primary N) is 1. The summed E-state index contributed by atoms with van der Waals surface area (Å²) in [6.07, 6.45) is 7.15. The monoisotopic (exact) mass is 419 g/mol. The maximum atomic E-state index is 5.90. The Morgan fingerprint density at radius 2 is 1.70 bits per heavy atom. The van der Waals surface area contributed by atoms with Crippen LogP contribution in [-0.2, 0) is 9.48 Å². The Morgan fingerprint density at radius 1 is 0.967 bits per heavy atom. The highest BCUT2D eigenvalue weighted by atomic mass is 32.2. The molecule has 1 aromatic carbocycles. The molecule has 7 heteroatoms. The fraction of sp³-hybridized carbons (Fsp3) is 0.348. The van der Waals surface area contributed by atoms with Gasteiger partial charge in [0.25, 0.3) is 0 Å². The van der Waals surface area contributed by atoms with Crippen molar-refractivity contribution >= 4 is 23.3 Å². The minimum atomic E-state index is -0.0200. The predicted octanol–water partition coefficient (Wildman–Crippen LogP) is 4.13. The third-order valence-corrected chi connectivity index (χ3v) is 7.32. The number of thioether (sulfide) groups is 1. The van der Waals surface area contributed by atoms with Gasteiger partial charge < -0.3 is 15.4 Å². The molecule has 2 aromatic heterocycles. The molecule has 154 valence electrons. The maximum Gasteiger partial charge on any atom is 0.161 e. The average Bonchev–Trinajstić information content (AvgIpc) is 2.78. The Morgan fingerprint density at radius 3 is 2.37 bits per heavy atom. The van der Waals surface area contributed by atoms with Crippen molar-refractivity contribution < 1.29 is 4.74 Å². The van der Waals surface area contributed by atoms with Crippen molar-refractivity contribution in [3.05, 3.63) is 60.6 Å². The number of nitrogens with zero attached hydrogens (tertiary/aromatic N) is 4. The molecule has 2 fully saturated rings. The predicted molar refractivity (Wildman–Crippen MR) is 121 cm³/mol. The maximum absolute atomic E-state index is 5.90. The molecule has 1 aliphatic heterocycles. The number of hydrogen-bond acceptors (Lipinski definition) is 7. The van der Waals surface area contributed by atoms with E-state index in [0.717, 1.165) is 67.7 Å². The molecule has 0 bridgehead atoms. The summed E-state index contributed by atoms with van der Waals surface area (Å²) in [5, 5.41) is 0. The second-order valence-corrected chi connectivity index (χ2v) is 9.25. The number of benzene rings is 1. The van der Waals surface area contributed by atoms with Crippen LogP contribution in [0.3, 0.4) is 0 Å². The zero-order chi connectivity index (χ0) is 20.4. The van der Waals surface area contributed by atoms with Crippen LogP contribution in [0.5, 0.6) is 0 Å². The first-order valence-corrected chi connectivity index (χ1v) is 11.2. The van der Waals surface area contributed by atoms with E-state index in [0.29, 0.717) is 0 Å². The smallest absolute Gasteiger partial charge is 0.161 e. The number of pyridine rings is 1. The zero-order valence-corrected chi connectivity index (χ0v) is 17.6. The Balaban J connectivity index is 1.57. The second-order valence-electron chi connectivity index (χ2n) is 7.79. The highest BCUT2D eigenvalue weighted by Crippen LogP contribution is 2.55. The molecule has 30 heavy (non-hydrogen) atoms. The zero-order valence-electron chi connectivity index (χ0n) is 16.8. The van der Waals surface area contributed by atoms with E-state index in [1.807, 2.05) is 48.4 Å². The summed E-state index contributed by atoms with van der Waals surface area (Å²) >= 11 is 1.90. The van der Waals surface area contributed by atoms with Crippen LogP contribution in [0.25, 0.3) is 11.4 Å². The molecule has 1 saturated carbocycles. The molecule has 2 aliphatic rings. The summed E-state index contributed by atoms with van der Waals surface area (Å²) in [4.78, 5) is 17.7. The van der Waals surface area contributed by atoms with E-state index < -0.39 is 0 Å². The summed E-state index contributed by atoms with van der Waals surface area (Å²) < 4.78 is 5.53. The quantitative estimate of drug-likeness (QED) is 0.623. The van der Waals surface area contributed by atoms with Crippen molar-refractivity contribution in [3.63, 3.8) is 0 Å². The molecule has 0 unspecified atom stereocenters. The molecule has 0 radical (unpaired) electrons. The molecular formula is C23H25N5OS. The second kappa shape index (κ2) is 8.24. The van der Waals surface area contributed by atoms with Crippen LogP contribution in [0.15, 0.2) is 59.8 Å². The van der Waals surface area contributed by atoms with Crippen LogP contribution < -0.4 is 10.6 Å². The number of nitrogen functional groups attached to an aromatic ring is 1. The topological polar surface area (TPSA) is 77.2 Å². The lowest BCUT2D eigenvalue weighted by molar-refractivity contribution is 0.122. The van der Waals surface area contributed by atoms with E-state index in [2.05, 4.69) is 28.1 Å². The fourth-order valence-corrected chi connectivity index (χ4v) is 5.33. The first-order valence-electron chi connectivity index (χ1n) is 10.4. The highest BCUT2D eigenvalue weighted by Gasteiger charge is 2.42. The third kappa shape index (κ3) is 3.87. The summed E-state index contributed by atoms with van der Waals surface area (Å²) in [6.45, 7) is 3.16. The van der Waals surface area contributed by atoms with Gasteiger partial charge in [-0.2, -0.15) is 0 Å². The van der Waals surface area contributed by atoms with Gasteiger partial charge >= 0.3 is 0 Å². The Labute approximate surface area is 180 Å². The lowest BCUT2D eigenvalue weighted by Crippen LogP contribution is -2.38. The summed E-state index contributed by atoms with van der Waals surface area (Å²) in [7, 11) is 0. The molecule has 2 N–H and O–H groups in total. The minimum absolute atomic E-state index is 0.0200. The van der Waals surface area contributed by atoms with Crippen molar-refractivity contribution in [1.29, 1.82) is 0 Å². The lowest BCUT2D eigenvalue weighted by atomic mass is 9.81. The molecule has 1 aliphatic carbocycles. The van der Waals surface area contributed by atoms with Gasteiger partial charge in [0.15, 0.2) is 5.82 Å². The Bertz CT molecular complexity index is 1000. The fourth-order valence-electron chi connectivity index (χ4n) is 3.92. The lowest BCUT2D eigenvalue weighted by Gasteiger charge is -2.41. The summed E-state index contributed by atoms with van der Waals surface area (Å²) in [5.41, 5.74) is 8.74. The van der Waals surface area contributed by atoms with E-state index in [1.54, 1.807) is 0 Å². The van der Waals surface area contributed by atoms with Gasteiger partial charge in [0, 0.05) is 47.7 Å². The molecule has 0 spiro atoms. The van der Waals surface area contributed by atoms with Gasteiger partial charge in [0.2, 0.25) is 0 Å². The molecule has 3 heterocycles. The van der Waals surface area contributed by atoms with Gasteiger partial charge in [-0.1, -0.05) is 0 Å². The highest BCUT2D eigenvalue weighted by molar-refractivity contribution is 8.00. The van der Waals surface area contributed by atoms with Crippen molar-refractivity contribution in [2.75, 3.05) is 36.9 Å². The Hall–Kier alpha value is -2.64. The average molecular weight is 420 g/mol. The van der Waals surface area contributed by atoms with Crippen LogP contribution in [0.4, 0.5) is 11.5 Å². The first-order chi connectivity index (χ1) is 14.7. The molecule has 5 rings (SSSR count). The van der Waals surface area contributed by atoms with Crippen molar-refractivity contribution in [1.82, 2.24) is 15.0 Å². The summed E-state index contributed by atoms with van der Waals surface area (Å²) in [5.74, 6) is 1.74. The van der Waals surface area contributed by atoms with Crippen LogP contribution in [-0.4, -0.2) is 41.3 Å². The van der Waals surface area contributed by atoms with E-state index >= 15 is 0 Å². The van der Waals surface area contributed by atoms with Crippen LogP contribution >= 0.6 is 11.8 Å². The van der Waals surface area contributed by atoms with Gasteiger partial charge in [0.05, 0.1) is 23.7 Å². The van der Waals surface area contributed by atoms with E-state index in [1.165, 1.54) is 11.3 Å². The van der Waals surface area contributed by atoms with Gasteiger partial charge in [0.1, 0.15) is 5.82 Å². The van der Waals surface area contributed by atoms with Crippen molar-refractivity contribution in [2.45, 2.75) is 28.9 Å². The minimum Gasteiger partial charge on any atom is -0.399 e. The number of hydrogen-bond donors (Lipinski definition) is 1. The molecule has 3 aromatic rings. The first kappa shape index (κ1) is 19.3. The van der Waals surface area contributed by atoms with Gasteiger partial charge in [-0.3, -0.25) is 4.98 Å². The summed E-state index contributed by atoms with van der Waals surface area (Å²) in [6, 6.07) is 14.2. The number of ether oxygens (including phenoxy) is 1. The van der Waals surface area contributed by atoms with E-state index in [-0.39, 0.29) is 4.75 Å². The van der Waals surface area contributed by atoms with Crippen LogP contribution in [0, 0.1) is 0 Å². The number of rotatable bonds is 5. The van der Waals surface area contributed by atoms with E-state index in [9.17, 15) is 0 Å². The normalized spacial score (nSPS) is 18.1. The molecule has 0 atom stereocenters. The SMILES string of the molecule is Nc1ccc(-c2nc(N3CCOCC3)cc(C3(Sc4ccncc4)CCC3)n2)cc1. The van der Waals surface area contributed by atoms with E-state index in [4.69, 9.17) is 20.4 Å². The van der Waals surface area contributed by atoms with Crippen molar-refractivity contribution in [2.24, 2.45) is 0 Å². The number of anilines is 2. The Kier molecular flexibility index (Phi) is 5.31. The molecule has 6 nitrogen and oxygen atoms in total. The third-order valence-electron chi connectivity index (χ3n) is 5.81. The van der Waals surface area contributed by atoms with Crippen LogP contribution in [0.2, 0.25) is 0 Å². The standard InChI is InChI=1S/C23H25N5OS/c24-18-4-2-17(3-5-18)22-26-20(16-21(27-22)28-12-14-29-15-13-28)23(8-1-9-23)30-19-6-10-25-11-7-19/h2-7,10-11,16H,1,8-9,12-15,24H2.